The molecule has 1 heterocycles. The number of benzene rings is 2. The van der Waals surface area contributed by atoms with E-state index in [4.69, 9.17) is 0 Å². The fourth-order valence-corrected chi connectivity index (χ4v) is 2.77. The van der Waals surface area contributed by atoms with Crippen LogP contribution in [0.2, 0.25) is 0 Å². The van der Waals surface area contributed by atoms with E-state index in [0.717, 1.165) is 21.0 Å². The summed E-state index contributed by atoms with van der Waals surface area (Å²) in [4.78, 5) is 24.9. The molecule has 3 rings (SSSR count). The minimum absolute atomic E-state index is 0.0412. The van der Waals surface area contributed by atoms with Crippen molar-refractivity contribution in [2.24, 2.45) is 0 Å². The van der Waals surface area contributed by atoms with Crippen molar-refractivity contribution in [1.29, 1.82) is 0 Å². The van der Waals surface area contributed by atoms with E-state index in [1.807, 2.05) is 6.07 Å². The second-order valence-corrected chi connectivity index (χ2v) is 5.55. The van der Waals surface area contributed by atoms with Crippen LogP contribution in [0, 0.1) is 11.6 Å². The first-order valence-corrected chi connectivity index (χ1v) is 6.86. The van der Waals surface area contributed by atoms with Gasteiger partial charge in [0, 0.05) is 10.5 Å². The normalized spacial score (nSPS) is 13.8. The molecule has 0 spiro atoms. The van der Waals surface area contributed by atoms with Crippen LogP contribution in [0.15, 0.2) is 40.9 Å². The predicted octanol–water partition coefficient (Wildman–Crippen LogP) is 3.46. The van der Waals surface area contributed by atoms with Crippen molar-refractivity contribution in [2.75, 3.05) is 4.90 Å². The summed E-state index contributed by atoms with van der Waals surface area (Å²) in [7, 11) is 0. The second-order valence-electron chi connectivity index (χ2n) is 4.63. The summed E-state index contributed by atoms with van der Waals surface area (Å²) in [5.74, 6) is -3.54. The maximum atomic E-state index is 13.9. The molecule has 0 unspecified atom stereocenters. The average Bonchev–Trinajstić information content (AvgIpc) is 2.64. The van der Waals surface area contributed by atoms with E-state index >= 15 is 0 Å². The summed E-state index contributed by atoms with van der Waals surface area (Å²) in [6.45, 7) is 0.0412. The van der Waals surface area contributed by atoms with Gasteiger partial charge in [0.1, 0.15) is 5.82 Å². The highest BCUT2D eigenvalue weighted by Gasteiger charge is 2.38. The maximum Gasteiger partial charge on any atom is 0.299 e. The zero-order valence-corrected chi connectivity index (χ0v) is 12.2. The molecule has 0 radical (unpaired) electrons. The van der Waals surface area contributed by atoms with E-state index in [0.29, 0.717) is 6.07 Å². The molecule has 1 aliphatic heterocycles. The third-order valence-electron chi connectivity index (χ3n) is 3.21. The zero-order chi connectivity index (χ0) is 15.1. The van der Waals surface area contributed by atoms with Crippen molar-refractivity contribution in [3.05, 3.63) is 63.6 Å². The van der Waals surface area contributed by atoms with E-state index in [2.05, 4.69) is 15.9 Å². The topological polar surface area (TPSA) is 37.4 Å². The molecule has 6 heteroatoms. The lowest BCUT2D eigenvalue weighted by molar-refractivity contribution is -0.114. The first-order valence-electron chi connectivity index (χ1n) is 6.07. The molecule has 1 amide bonds. The Kier molecular flexibility index (Phi) is 3.33. The van der Waals surface area contributed by atoms with Crippen molar-refractivity contribution in [3.63, 3.8) is 0 Å². The number of halogens is 3. The molecule has 3 nitrogen and oxygen atoms in total. The summed E-state index contributed by atoms with van der Waals surface area (Å²) in [6.07, 6.45) is 0. The van der Waals surface area contributed by atoms with Gasteiger partial charge in [-0.05, 0) is 23.8 Å². The van der Waals surface area contributed by atoms with E-state index in [1.54, 1.807) is 18.2 Å². The third kappa shape index (κ3) is 2.35. The molecule has 1 aliphatic rings. The number of anilines is 1. The number of carbonyl (C=O) groups excluding carboxylic acids is 2. The molecule has 0 fully saturated rings. The van der Waals surface area contributed by atoms with Crippen LogP contribution in [0.4, 0.5) is 14.5 Å². The Morgan fingerprint density at radius 2 is 1.86 bits per heavy atom. The highest BCUT2D eigenvalue weighted by molar-refractivity contribution is 9.10. The summed E-state index contributed by atoms with van der Waals surface area (Å²) < 4.78 is 27.9. The second kappa shape index (κ2) is 5.04. The number of hydrogen-bond acceptors (Lipinski definition) is 2. The Labute approximate surface area is 127 Å². The Morgan fingerprint density at radius 1 is 1.10 bits per heavy atom. The van der Waals surface area contributed by atoms with Gasteiger partial charge in [-0.25, -0.2) is 8.78 Å². The van der Waals surface area contributed by atoms with Crippen LogP contribution >= 0.6 is 15.9 Å². The van der Waals surface area contributed by atoms with Crippen molar-refractivity contribution >= 4 is 33.3 Å². The van der Waals surface area contributed by atoms with Gasteiger partial charge in [-0.2, -0.15) is 0 Å². The minimum atomic E-state index is -0.917. The maximum absolute atomic E-state index is 13.9. The number of Topliss-reactive ketones (excluding diaryl/α,β-unsaturated/α-hetero) is 1. The molecule has 21 heavy (non-hydrogen) atoms. The average molecular weight is 352 g/mol. The molecule has 0 bridgehead atoms. The highest BCUT2D eigenvalue weighted by atomic mass is 79.9. The van der Waals surface area contributed by atoms with Gasteiger partial charge in [0.05, 0.1) is 17.8 Å². The number of carbonyl (C=O) groups is 2. The largest absolute Gasteiger partial charge is 0.299 e. The van der Waals surface area contributed by atoms with Crippen LogP contribution < -0.4 is 4.90 Å². The fraction of sp³-hybridized carbons (Fsp3) is 0.0667. The van der Waals surface area contributed by atoms with Crippen LogP contribution in [0.25, 0.3) is 0 Å². The minimum Gasteiger partial charge on any atom is -0.298 e. The molecule has 2 aromatic carbocycles. The van der Waals surface area contributed by atoms with E-state index in [1.165, 1.54) is 0 Å². The SMILES string of the molecule is O=C1C(=O)N(Cc2cccc(Br)c2)c2c(F)cc(F)cc21. The summed E-state index contributed by atoms with van der Waals surface area (Å²) in [5.41, 5.74) is 0.334. The highest BCUT2D eigenvalue weighted by Crippen LogP contribution is 2.33. The Hall–Kier alpha value is -2.08. The van der Waals surface area contributed by atoms with Crippen molar-refractivity contribution in [1.82, 2.24) is 0 Å². The molecule has 0 saturated heterocycles. The van der Waals surface area contributed by atoms with Crippen molar-refractivity contribution in [2.45, 2.75) is 6.54 Å². The van der Waals surface area contributed by atoms with Crippen LogP contribution in [-0.4, -0.2) is 11.7 Å². The molecular formula is C15H8BrF2NO2. The van der Waals surface area contributed by atoms with Crippen LogP contribution in [0.3, 0.4) is 0 Å². The number of nitrogens with zero attached hydrogens (tertiary/aromatic N) is 1. The smallest absolute Gasteiger partial charge is 0.298 e. The Morgan fingerprint density at radius 3 is 2.57 bits per heavy atom. The van der Waals surface area contributed by atoms with Crippen molar-refractivity contribution in [3.8, 4) is 0 Å². The first-order chi connectivity index (χ1) is 9.97. The summed E-state index contributed by atoms with van der Waals surface area (Å²) >= 11 is 3.30. The van der Waals surface area contributed by atoms with Gasteiger partial charge in [-0.15, -0.1) is 0 Å². The molecule has 2 aromatic rings. The Balaban J connectivity index is 2.05. The molecule has 0 saturated carbocycles. The molecule has 0 N–H and O–H groups in total. The van der Waals surface area contributed by atoms with Gasteiger partial charge >= 0.3 is 0 Å². The van der Waals surface area contributed by atoms with E-state index in [9.17, 15) is 18.4 Å². The molecule has 106 valence electrons. The van der Waals surface area contributed by atoms with Gasteiger partial charge in [0.15, 0.2) is 5.82 Å². The summed E-state index contributed by atoms with van der Waals surface area (Å²) in [6, 6.07) is 8.64. The van der Waals surface area contributed by atoms with Crippen molar-refractivity contribution < 1.29 is 18.4 Å². The molecule has 0 atom stereocenters. The van der Waals surface area contributed by atoms with Gasteiger partial charge in [-0.1, -0.05) is 28.1 Å². The first kappa shape index (κ1) is 13.9. The fourth-order valence-electron chi connectivity index (χ4n) is 2.32. The zero-order valence-electron chi connectivity index (χ0n) is 10.6. The number of rotatable bonds is 2. The number of amides is 1. The number of hydrogen-bond donors (Lipinski definition) is 0. The van der Waals surface area contributed by atoms with Crippen LogP contribution in [0.1, 0.15) is 15.9 Å². The quantitative estimate of drug-likeness (QED) is 0.777. The number of ketones is 1. The van der Waals surface area contributed by atoms with Crippen LogP contribution in [-0.2, 0) is 11.3 Å². The monoisotopic (exact) mass is 351 g/mol. The lowest BCUT2D eigenvalue weighted by Crippen LogP contribution is -2.29. The van der Waals surface area contributed by atoms with Gasteiger partial charge in [0.2, 0.25) is 0 Å². The standard InChI is InChI=1S/C15H8BrF2NO2/c16-9-3-1-2-8(4-9)7-19-13-11(14(20)15(19)21)5-10(17)6-12(13)18/h1-6H,7H2. The predicted molar refractivity (Wildman–Crippen MR) is 76.0 cm³/mol. The molecule has 0 aromatic heterocycles. The van der Waals surface area contributed by atoms with Gasteiger partial charge in [0.25, 0.3) is 11.7 Å². The van der Waals surface area contributed by atoms with Gasteiger partial charge < -0.3 is 0 Å². The van der Waals surface area contributed by atoms with Crippen LogP contribution in [0.5, 0.6) is 0 Å². The lowest BCUT2D eigenvalue weighted by atomic mass is 10.1. The van der Waals surface area contributed by atoms with E-state index < -0.39 is 23.3 Å². The van der Waals surface area contributed by atoms with Gasteiger partial charge in [-0.3, -0.25) is 14.5 Å². The third-order valence-corrected chi connectivity index (χ3v) is 3.71. The van der Waals surface area contributed by atoms with E-state index in [-0.39, 0.29) is 17.8 Å². The number of fused-ring (bicyclic) bond motifs is 1. The summed E-state index contributed by atoms with van der Waals surface area (Å²) in [5, 5.41) is 0. The lowest BCUT2D eigenvalue weighted by Gasteiger charge is -2.17. The Bertz CT molecular complexity index is 776. The molecule has 0 aliphatic carbocycles. The molecular weight excluding hydrogens is 344 g/mol.